The molecule has 0 amide bonds. The van der Waals surface area contributed by atoms with E-state index < -0.39 is 23.6 Å². The third kappa shape index (κ3) is 6.75. The van der Waals surface area contributed by atoms with Crippen molar-refractivity contribution in [1.82, 2.24) is 0 Å². The molecular weight excluding hydrogens is 472 g/mol. The minimum absolute atomic E-state index is 0.189. The lowest BCUT2D eigenvalue weighted by Gasteiger charge is -2.16. The maximum Gasteiger partial charge on any atom is 0.523 e. The average molecular weight is 496 g/mol. The molecule has 0 radical (unpaired) electrons. The zero-order valence-electron chi connectivity index (χ0n) is 18.1. The summed E-state index contributed by atoms with van der Waals surface area (Å²) in [6.07, 6.45) is -3.46. The smallest absolute Gasteiger partial charge is 0.523 e. The molecule has 0 aliphatic heterocycles. The molecule has 0 aliphatic rings. The van der Waals surface area contributed by atoms with E-state index in [1.807, 2.05) is 26.0 Å². The molecule has 0 fully saturated rings. The Morgan fingerprint density at radius 2 is 1.45 bits per heavy atom. The van der Waals surface area contributed by atoms with Gasteiger partial charge in [0, 0.05) is 14.8 Å². The summed E-state index contributed by atoms with van der Waals surface area (Å²) in [5.41, 5.74) is 2.92. The Kier molecular flexibility index (Phi) is 7.76. The molecule has 1 atom stereocenters. The lowest BCUT2D eigenvalue weighted by molar-refractivity contribution is -0.139. The van der Waals surface area contributed by atoms with Crippen LogP contribution in [0.5, 0.6) is 0 Å². The van der Waals surface area contributed by atoms with Crippen LogP contribution in [-0.2, 0) is 17.4 Å². The fraction of sp³-hybridized carbons (Fsp3) is 0.269. The number of carbonyl (C=O) groups excluding carboxylic acids is 1. The zero-order chi connectivity index (χ0) is 24.3. The number of alkyl halides is 3. The molecule has 1 unspecified atom stereocenters. The summed E-state index contributed by atoms with van der Waals surface area (Å²) in [5.74, 6) is -1.12. The van der Waals surface area contributed by atoms with Crippen molar-refractivity contribution in [3.8, 4) is 11.1 Å². The Hall–Kier alpha value is -2.50. The van der Waals surface area contributed by atoms with Gasteiger partial charge in [0.05, 0.1) is 5.56 Å². The van der Waals surface area contributed by atoms with E-state index in [0.29, 0.717) is 39.6 Å². The third-order valence-electron chi connectivity index (χ3n) is 5.32. The van der Waals surface area contributed by atoms with Gasteiger partial charge in [0.2, 0.25) is 0 Å². The van der Waals surface area contributed by atoms with Crippen molar-refractivity contribution in [3.63, 3.8) is 0 Å². The van der Waals surface area contributed by atoms with Crippen LogP contribution in [0.4, 0.5) is 13.2 Å². The summed E-state index contributed by atoms with van der Waals surface area (Å²) in [5, 5.41) is 8.78. The number of rotatable bonds is 7. The van der Waals surface area contributed by atoms with Gasteiger partial charge >= 0.3 is 12.1 Å². The van der Waals surface area contributed by atoms with Gasteiger partial charge < -0.3 is 5.11 Å². The fourth-order valence-corrected chi connectivity index (χ4v) is 4.43. The van der Waals surface area contributed by atoms with Crippen LogP contribution in [0.1, 0.15) is 48.4 Å². The van der Waals surface area contributed by atoms with E-state index in [0.717, 1.165) is 23.3 Å². The van der Waals surface area contributed by atoms with E-state index in [9.17, 15) is 18.0 Å². The van der Waals surface area contributed by atoms with Crippen LogP contribution in [0, 0.1) is 5.92 Å². The summed E-state index contributed by atoms with van der Waals surface area (Å²) in [4.78, 5) is 12.1. The Morgan fingerprint density at radius 1 is 0.879 bits per heavy atom. The Labute approximate surface area is 201 Å². The van der Waals surface area contributed by atoms with E-state index in [4.69, 9.17) is 28.3 Å². The average Bonchev–Trinajstić information content (AvgIpc) is 2.70. The highest BCUT2D eigenvalue weighted by Crippen LogP contribution is 2.34. The van der Waals surface area contributed by atoms with Gasteiger partial charge in [-0.3, -0.25) is 0 Å². The van der Waals surface area contributed by atoms with Gasteiger partial charge in [-0.25, -0.2) is 0 Å². The molecular formula is C26H24Cl2F3O2+. The highest BCUT2D eigenvalue weighted by molar-refractivity contribution is 6.34. The minimum atomic E-state index is -4.42. The Morgan fingerprint density at radius 3 is 1.97 bits per heavy atom. The van der Waals surface area contributed by atoms with E-state index in [-0.39, 0.29) is 5.92 Å². The van der Waals surface area contributed by atoms with Crippen LogP contribution < -0.4 is 0 Å². The molecule has 0 saturated carbocycles. The molecule has 0 bridgehead atoms. The largest absolute Gasteiger partial charge is 0.564 e. The molecule has 2 nitrogen and oxygen atoms in total. The quantitative estimate of drug-likeness (QED) is 0.310. The van der Waals surface area contributed by atoms with Crippen molar-refractivity contribution in [1.29, 1.82) is 0 Å². The summed E-state index contributed by atoms with van der Waals surface area (Å²) in [6.45, 7) is 3.95. The minimum Gasteiger partial charge on any atom is -0.564 e. The Bertz CT molecular complexity index is 1120. The highest BCUT2D eigenvalue weighted by atomic mass is 35.5. The topological polar surface area (TPSA) is 40.0 Å². The molecule has 2 N–H and O–H groups in total. The molecule has 33 heavy (non-hydrogen) atoms. The molecule has 3 aromatic carbocycles. The molecule has 0 spiro atoms. The van der Waals surface area contributed by atoms with Gasteiger partial charge in [0.15, 0.2) is 0 Å². The second-order valence-corrected chi connectivity index (χ2v) is 9.41. The van der Waals surface area contributed by atoms with E-state index in [2.05, 4.69) is 0 Å². The van der Waals surface area contributed by atoms with Gasteiger partial charge in [-0.2, -0.15) is 13.2 Å². The third-order valence-corrected chi connectivity index (χ3v) is 5.75. The normalized spacial score (nSPS) is 12.7. The molecule has 174 valence electrons. The van der Waals surface area contributed by atoms with Crippen molar-refractivity contribution in [2.45, 2.75) is 38.8 Å². The second-order valence-electron chi connectivity index (χ2n) is 8.54. The van der Waals surface area contributed by atoms with Crippen LogP contribution >= 0.6 is 23.2 Å². The lowest BCUT2D eigenvalue weighted by Crippen LogP contribution is -2.14. The molecule has 0 saturated heterocycles. The molecule has 3 rings (SSSR count). The molecule has 0 aromatic heterocycles. The standard InChI is InChI=1S/C26H23Cl2F3O2/c1-15(2)7-24(25(32)33)20-10-16(8-17-11-22(27)14-23(28)12-17)9-19(13-20)18-3-5-21(6-4-18)26(29,30)31/h3-6,9-15,24H,7-8H2,1-2H3,(H,32,33)/p+1. The van der Waals surface area contributed by atoms with Gasteiger partial charge in [-0.05, 0) is 76.9 Å². The summed E-state index contributed by atoms with van der Waals surface area (Å²) >= 11 is 12.3. The highest BCUT2D eigenvalue weighted by Gasteiger charge is 2.31. The summed E-state index contributed by atoms with van der Waals surface area (Å²) in [7, 11) is 0. The molecule has 7 heteroatoms. The van der Waals surface area contributed by atoms with Crippen LogP contribution in [0.3, 0.4) is 0 Å². The van der Waals surface area contributed by atoms with Crippen molar-refractivity contribution in [2.24, 2.45) is 5.92 Å². The lowest BCUT2D eigenvalue weighted by atomic mass is 9.86. The van der Waals surface area contributed by atoms with Crippen molar-refractivity contribution >= 4 is 29.2 Å². The van der Waals surface area contributed by atoms with Crippen LogP contribution in [0.25, 0.3) is 11.1 Å². The van der Waals surface area contributed by atoms with Crippen molar-refractivity contribution in [2.75, 3.05) is 0 Å². The zero-order valence-corrected chi connectivity index (χ0v) is 19.7. The van der Waals surface area contributed by atoms with Crippen LogP contribution in [0.15, 0.2) is 60.7 Å². The van der Waals surface area contributed by atoms with E-state index in [1.165, 1.54) is 12.1 Å². The number of hydrogen-bond acceptors (Lipinski definition) is 1. The van der Waals surface area contributed by atoms with Gasteiger partial charge in [-0.1, -0.05) is 67.4 Å². The monoisotopic (exact) mass is 495 g/mol. The van der Waals surface area contributed by atoms with Gasteiger partial charge in [0.25, 0.3) is 0 Å². The van der Waals surface area contributed by atoms with Crippen molar-refractivity contribution in [3.05, 3.63) is 93.0 Å². The fourth-order valence-electron chi connectivity index (χ4n) is 3.85. The predicted octanol–water partition coefficient (Wildman–Crippen LogP) is 7.65. The number of halogens is 5. The molecule has 0 heterocycles. The van der Waals surface area contributed by atoms with Crippen molar-refractivity contribution < 1.29 is 23.1 Å². The van der Waals surface area contributed by atoms with E-state index in [1.54, 1.807) is 24.3 Å². The van der Waals surface area contributed by atoms with Crippen LogP contribution in [0.2, 0.25) is 10.0 Å². The second kappa shape index (κ2) is 10.2. The maximum absolute atomic E-state index is 13.0. The SMILES string of the molecule is CC(C)CC(C(=O)[OH2+])c1cc(Cc2cc(Cl)cc(Cl)c2)cc(-c2ccc(C(F)(F)F)cc2)c1. The number of carbonyl (C=O) groups is 1. The molecule has 0 aliphatic carbocycles. The summed E-state index contributed by atoms with van der Waals surface area (Å²) < 4.78 is 39.0. The number of benzene rings is 3. The maximum atomic E-state index is 13.0. The van der Waals surface area contributed by atoms with E-state index >= 15 is 0 Å². The number of hydrogen-bond donors (Lipinski definition) is 0. The Balaban J connectivity index is 2.09. The van der Waals surface area contributed by atoms with Gasteiger partial charge in [0.1, 0.15) is 5.92 Å². The van der Waals surface area contributed by atoms with Crippen LogP contribution in [-0.4, -0.2) is 11.1 Å². The first-order valence-corrected chi connectivity index (χ1v) is 11.2. The first-order chi connectivity index (χ1) is 15.4. The first kappa shape index (κ1) is 25.1. The summed E-state index contributed by atoms with van der Waals surface area (Å²) in [6, 6.07) is 15.7. The molecule has 3 aromatic rings. The first-order valence-electron chi connectivity index (χ1n) is 10.4. The van der Waals surface area contributed by atoms with Gasteiger partial charge in [-0.15, -0.1) is 0 Å². The predicted molar refractivity (Wildman–Crippen MR) is 127 cm³/mol.